The van der Waals surface area contributed by atoms with E-state index < -0.39 is 0 Å². The van der Waals surface area contributed by atoms with Gasteiger partial charge in [-0.05, 0) is 56.8 Å². The Morgan fingerprint density at radius 2 is 2.19 bits per heavy atom. The van der Waals surface area contributed by atoms with Gasteiger partial charge in [0.05, 0.1) is 12.8 Å². The van der Waals surface area contributed by atoms with E-state index >= 15 is 0 Å². The van der Waals surface area contributed by atoms with Crippen molar-refractivity contribution < 1.29 is 14.6 Å². The minimum Gasteiger partial charge on any atom is -0.503 e. The fourth-order valence-electron chi connectivity index (χ4n) is 6.53. The molecule has 1 aromatic rings. The molecule has 1 aromatic carbocycles. The highest BCUT2D eigenvalue weighted by Crippen LogP contribution is 2.64. The number of nitrogens with zero attached hydrogens (tertiary/aromatic N) is 2. The lowest BCUT2D eigenvalue weighted by molar-refractivity contribution is -0.117. The zero-order chi connectivity index (χ0) is 18.2. The first kappa shape index (κ1) is 16.2. The fourth-order valence-corrected chi connectivity index (χ4v) is 6.53. The van der Waals surface area contributed by atoms with Crippen molar-refractivity contribution in [1.82, 2.24) is 4.90 Å². The second-order valence-corrected chi connectivity index (χ2v) is 8.16. The highest BCUT2D eigenvalue weighted by molar-refractivity contribution is 5.99. The number of allylic oxidation sites excluding steroid dienone is 1. The van der Waals surface area contributed by atoms with Crippen molar-refractivity contribution >= 4 is 11.6 Å². The number of aromatic hydroxyl groups is 1. The van der Waals surface area contributed by atoms with E-state index in [1.807, 2.05) is 11.0 Å². The summed E-state index contributed by atoms with van der Waals surface area (Å²) < 4.78 is 5.35. The molecule has 3 fully saturated rings. The maximum absolute atomic E-state index is 12.7. The zero-order valence-electron chi connectivity index (χ0n) is 15.7. The molecule has 1 N–H and O–H groups in total. The highest BCUT2D eigenvalue weighted by atomic mass is 16.5. The van der Waals surface area contributed by atoms with Gasteiger partial charge in [-0.2, -0.15) is 0 Å². The molecule has 26 heavy (non-hydrogen) atoms. The Balaban J connectivity index is 1.80. The molecule has 4 atom stereocenters. The van der Waals surface area contributed by atoms with Gasteiger partial charge in [0.1, 0.15) is 0 Å². The first-order valence-corrected chi connectivity index (χ1v) is 9.65. The highest BCUT2D eigenvalue weighted by Gasteiger charge is 2.66. The van der Waals surface area contributed by atoms with Crippen LogP contribution in [0.3, 0.4) is 0 Å². The molecule has 3 aliphatic heterocycles. The quantitative estimate of drug-likeness (QED) is 0.788. The number of hydrogen-bond donors (Lipinski definition) is 1. The number of benzene rings is 1. The molecule has 0 radical (unpaired) electrons. The van der Waals surface area contributed by atoms with E-state index in [1.165, 1.54) is 12.0 Å². The second-order valence-electron chi connectivity index (χ2n) is 8.16. The lowest BCUT2D eigenvalue weighted by Gasteiger charge is -2.53. The number of ether oxygens (including phenoxy) is 1. The Morgan fingerprint density at radius 1 is 1.38 bits per heavy atom. The van der Waals surface area contributed by atoms with Crippen LogP contribution in [0.25, 0.3) is 0 Å². The van der Waals surface area contributed by atoms with Gasteiger partial charge in [-0.3, -0.25) is 9.69 Å². The zero-order valence-corrected chi connectivity index (χ0v) is 15.7. The van der Waals surface area contributed by atoms with Gasteiger partial charge in [0, 0.05) is 24.4 Å². The van der Waals surface area contributed by atoms with Crippen molar-refractivity contribution in [2.45, 2.75) is 50.6 Å². The van der Waals surface area contributed by atoms with Gasteiger partial charge in [-0.25, -0.2) is 0 Å². The Labute approximate surface area is 154 Å². The van der Waals surface area contributed by atoms with Crippen LogP contribution in [0, 0.1) is 5.92 Å². The molecule has 2 bridgehead atoms. The van der Waals surface area contributed by atoms with Crippen LogP contribution >= 0.6 is 0 Å². The van der Waals surface area contributed by atoms with Gasteiger partial charge in [0.25, 0.3) is 0 Å². The molecule has 4 unspecified atom stereocenters. The van der Waals surface area contributed by atoms with Crippen molar-refractivity contribution in [3.05, 3.63) is 29.3 Å². The molecular weight excluding hydrogens is 328 g/mol. The summed E-state index contributed by atoms with van der Waals surface area (Å²) in [6.07, 6.45) is 5.50. The predicted molar refractivity (Wildman–Crippen MR) is 99.7 cm³/mol. The molecule has 2 saturated heterocycles. The molecule has 138 valence electrons. The van der Waals surface area contributed by atoms with Crippen molar-refractivity contribution in [2.24, 2.45) is 5.92 Å². The van der Waals surface area contributed by atoms with Crippen LogP contribution in [0.2, 0.25) is 0 Å². The summed E-state index contributed by atoms with van der Waals surface area (Å²) in [5.41, 5.74) is 3.25. The molecule has 1 amide bonds. The summed E-state index contributed by atoms with van der Waals surface area (Å²) in [4.78, 5) is 17.2. The van der Waals surface area contributed by atoms with Crippen molar-refractivity contribution in [3.63, 3.8) is 0 Å². The largest absolute Gasteiger partial charge is 0.503 e. The van der Waals surface area contributed by atoms with Crippen molar-refractivity contribution in [3.8, 4) is 11.5 Å². The second kappa shape index (κ2) is 5.26. The summed E-state index contributed by atoms with van der Waals surface area (Å²) in [7, 11) is 1.56. The van der Waals surface area contributed by atoms with Crippen LogP contribution in [-0.4, -0.2) is 48.2 Å². The van der Waals surface area contributed by atoms with E-state index in [1.54, 1.807) is 14.0 Å². The topological polar surface area (TPSA) is 53.0 Å². The maximum Gasteiger partial charge on any atom is 0.224 e. The van der Waals surface area contributed by atoms with Crippen LogP contribution in [0.1, 0.15) is 38.7 Å². The van der Waals surface area contributed by atoms with E-state index in [4.69, 9.17) is 4.74 Å². The van der Waals surface area contributed by atoms with Crippen LogP contribution in [0.5, 0.6) is 11.5 Å². The molecule has 3 heterocycles. The standard InChI is InChI=1S/C21H26N2O3/c1-4-14-13-7-9-22-10-8-21(20(14)22)15-5-6-16(26-3)19(25)18(15)23(12(2)24)17(21)11-13/h4-6,13,17,20,25H,7-11H2,1-3H3. The first-order chi connectivity index (χ1) is 12.5. The third-order valence-electron chi connectivity index (χ3n) is 7.38. The van der Waals surface area contributed by atoms with Crippen LogP contribution in [-0.2, 0) is 10.2 Å². The molecule has 1 spiro atoms. The van der Waals surface area contributed by atoms with Crippen LogP contribution in [0.15, 0.2) is 23.8 Å². The Kier molecular flexibility index (Phi) is 3.27. The monoisotopic (exact) mass is 354 g/mol. The third-order valence-corrected chi connectivity index (χ3v) is 7.38. The van der Waals surface area contributed by atoms with Gasteiger partial charge >= 0.3 is 0 Å². The predicted octanol–water partition coefficient (Wildman–Crippen LogP) is 2.82. The normalized spacial score (nSPS) is 36.2. The number of methoxy groups -OCH3 is 1. The number of hydrogen-bond acceptors (Lipinski definition) is 4. The number of carbonyl (C=O) groups is 1. The Bertz CT molecular complexity index is 833. The average Bonchev–Trinajstić information content (AvgIpc) is 3.17. The summed E-state index contributed by atoms with van der Waals surface area (Å²) >= 11 is 0. The van der Waals surface area contributed by atoms with E-state index in [-0.39, 0.29) is 23.1 Å². The fraction of sp³-hybridized carbons (Fsp3) is 0.571. The molecule has 1 saturated carbocycles. The van der Waals surface area contributed by atoms with Gasteiger partial charge < -0.3 is 14.7 Å². The van der Waals surface area contributed by atoms with Gasteiger partial charge in [0.2, 0.25) is 5.91 Å². The van der Waals surface area contributed by atoms with Gasteiger partial charge in [-0.15, -0.1) is 0 Å². The number of anilines is 1. The van der Waals surface area contributed by atoms with Crippen molar-refractivity contribution in [2.75, 3.05) is 25.1 Å². The number of piperidine rings is 1. The van der Waals surface area contributed by atoms with E-state index in [9.17, 15) is 9.90 Å². The number of fused-ring (bicyclic) bond motifs is 2. The Hall–Kier alpha value is -2.01. The Morgan fingerprint density at radius 3 is 2.88 bits per heavy atom. The van der Waals surface area contributed by atoms with E-state index in [2.05, 4.69) is 24.0 Å². The molecule has 1 aliphatic carbocycles. The first-order valence-electron chi connectivity index (χ1n) is 9.65. The molecule has 5 rings (SSSR count). The van der Waals surface area contributed by atoms with E-state index in [0.29, 0.717) is 23.4 Å². The number of rotatable bonds is 1. The van der Waals surface area contributed by atoms with Gasteiger partial charge in [0.15, 0.2) is 11.5 Å². The van der Waals surface area contributed by atoms with Gasteiger partial charge in [-0.1, -0.05) is 17.7 Å². The summed E-state index contributed by atoms with van der Waals surface area (Å²) in [5.74, 6) is 1.10. The van der Waals surface area contributed by atoms with Crippen LogP contribution < -0.4 is 9.64 Å². The maximum atomic E-state index is 12.7. The number of phenolic OH excluding ortho intramolecular Hbond substituents is 1. The number of phenols is 1. The van der Waals surface area contributed by atoms with Crippen LogP contribution in [0.4, 0.5) is 5.69 Å². The SMILES string of the molecule is CC=C1C2CCN3CCC4(c5ccc(OC)c(O)c5N(C(C)=O)C4C2)C13. The molecule has 0 aromatic heterocycles. The minimum absolute atomic E-state index is 0.0112. The lowest BCUT2D eigenvalue weighted by Crippen LogP contribution is -2.61. The minimum atomic E-state index is -0.108. The molecule has 4 aliphatic rings. The van der Waals surface area contributed by atoms with Crippen molar-refractivity contribution in [1.29, 1.82) is 0 Å². The molecular formula is C21H26N2O3. The molecule has 5 heteroatoms. The summed E-state index contributed by atoms with van der Waals surface area (Å²) in [6, 6.07) is 4.42. The smallest absolute Gasteiger partial charge is 0.224 e. The summed E-state index contributed by atoms with van der Waals surface area (Å²) in [5, 5.41) is 10.9. The van der Waals surface area contributed by atoms with E-state index in [0.717, 1.165) is 31.5 Å². The summed E-state index contributed by atoms with van der Waals surface area (Å²) in [6.45, 7) is 5.97. The third kappa shape index (κ3) is 1.68. The average molecular weight is 354 g/mol. The molecule has 5 nitrogen and oxygen atoms in total. The number of carbonyl (C=O) groups excluding carboxylic acids is 1. The number of amides is 1. The lowest BCUT2D eigenvalue weighted by atomic mass is 9.58.